The predicted molar refractivity (Wildman–Crippen MR) is 188 cm³/mol. The van der Waals surface area contributed by atoms with Crippen molar-refractivity contribution in [1.29, 1.82) is 0 Å². The van der Waals surface area contributed by atoms with Crippen molar-refractivity contribution in [1.82, 2.24) is 20.9 Å². The quantitative estimate of drug-likeness (QED) is 0.0912. The fraction of sp³-hybridized carbons (Fsp3) is 0.917. The van der Waals surface area contributed by atoms with Gasteiger partial charge in [0.1, 0.15) is 18.7 Å². The molecule has 4 aliphatic rings. The van der Waals surface area contributed by atoms with E-state index in [1.807, 2.05) is 0 Å². The number of nitrogens with zero attached hydrogens (tertiary/aromatic N) is 1. The molecule has 46 heavy (non-hydrogen) atoms. The molecule has 0 bridgehead atoms. The first kappa shape index (κ1) is 37.5. The number of alkyl carbamates (subject to hydrolysis) is 1. The van der Waals surface area contributed by atoms with Gasteiger partial charge < -0.3 is 33.0 Å². The van der Waals surface area contributed by atoms with Crippen LogP contribution in [0.5, 0.6) is 0 Å². The lowest BCUT2D eigenvalue weighted by molar-refractivity contribution is -0.0581. The fourth-order valence-electron chi connectivity index (χ4n) is 10.4. The van der Waals surface area contributed by atoms with Crippen LogP contribution in [0.3, 0.4) is 0 Å². The van der Waals surface area contributed by atoms with E-state index in [0.29, 0.717) is 31.6 Å². The third kappa shape index (κ3) is 9.45. The maximum Gasteiger partial charge on any atom is 0.407 e. The lowest BCUT2D eigenvalue weighted by Crippen LogP contribution is -2.51. The Balaban J connectivity index is 1.26. The molecule has 10 heteroatoms. The summed E-state index contributed by atoms with van der Waals surface area (Å²) in [6, 6.07) is 0. The summed E-state index contributed by atoms with van der Waals surface area (Å²) in [5.41, 5.74) is 24.8. The number of carbonyl (C=O) groups excluding carboxylic acids is 1. The van der Waals surface area contributed by atoms with Crippen molar-refractivity contribution in [2.75, 3.05) is 39.3 Å². The van der Waals surface area contributed by atoms with Gasteiger partial charge in [0, 0.05) is 45.7 Å². The molecule has 8 unspecified atom stereocenters. The first-order chi connectivity index (χ1) is 21.8. The fourth-order valence-corrected chi connectivity index (χ4v) is 10.4. The van der Waals surface area contributed by atoms with Crippen LogP contribution in [0.25, 0.3) is 0 Å². The Kier molecular flexibility index (Phi) is 13.8. The summed E-state index contributed by atoms with van der Waals surface area (Å²) in [5, 5.41) is 9.04. The van der Waals surface area contributed by atoms with Gasteiger partial charge in [0.05, 0.1) is 0 Å². The Bertz CT molecular complexity index is 977. The Hall–Kier alpha value is -1.27. The third-order valence-electron chi connectivity index (χ3n) is 12.8. The average Bonchev–Trinajstić information content (AvgIpc) is 3.34. The Morgan fingerprint density at radius 3 is 2.24 bits per heavy atom. The first-order valence-electron chi connectivity index (χ1n) is 18.7. The van der Waals surface area contributed by atoms with Crippen molar-refractivity contribution in [3.05, 3.63) is 11.6 Å². The normalized spacial score (nSPS) is 33.2. The molecule has 0 aromatic rings. The van der Waals surface area contributed by atoms with Crippen molar-refractivity contribution < 1.29 is 9.53 Å². The molecule has 0 saturated heterocycles. The van der Waals surface area contributed by atoms with E-state index in [2.05, 4.69) is 61.5 Å². The summed E-state index contributed by atoms with van der Waals surface area (Å²) < 4.78 is 6.00. The largest absolute Gasteiger partial charge is 0.446 e. The van der Waals surface area contributed by atoms with Crippen LogP contribution in [0.4, 0.5) is 4.79 Å². The zero-order valence-electron chi connectivity index (χ0n) is 29.9. The minimum absolute atomic E-state index is 0.0473. The molecule has 0 radical (unpaired) electrons. The van der Waals surface area contributed by atoms with Gasteiger partial charge in [-0.2, -0.15) is 0 Å². The lowest BCUT2D eigenvalue weighted by Gasteiger charge is -2.58. The molecular formula is C36H70N8O2. The Morgan fingerprint density at radius 1 is 0.913 bits per heavy atom. The van der Waals surface area contributed by atoms with Crippen molar-refractivity contribution in [3.8, 4) is 0 Å². The van der Waals surface area contributed by atoms with E-state index < -0.39 is 12.6 Å². The summed E-state index contributed by atoms with van der Waals surface area (Å²) >= 11 is 0. The summed E-state index contributed by atoms with van der Waals surface area (Å²) in [6.07, 6.45) is 15.0. The topological polar surface area (TPSA) is 170 Å². The molecule has 0 heterocycles. The second kappa shape index (κ2) is 16.9. The standard InChI is InChI=1S/C36H70N8O2/c1-24(2)7-6-8-25(3)29-11-12-30-28-10-9-26-23-27(13-15-35(26,4)31(28)14-16-36(29,30)5)46-34(45)43-19-22-44(20-17-41-32(37)38)21-18-42-33(39)40/h9,24-25,27-33,41-42H,6-8,10-23,37-40H2,1-5H3,(H,43,45). The average molecular weight is 647 g/mol. The van der Waals surface area contributed by atoms with Gasteiger partial charge >= 0.3 is 6.09 Å². The highest BCUT2D eigenvalue weighted by Crippen LogP contribution is 2.67. The number of carbonyl (C=O) groups is 1. The van der Waals surface area contributed by atoms with E-state index in [9.17, 15) is 4.79 Å². The number of ether oxygens (including phenoxy) is 1. The van der Waals surface area contributed by atoms with Crippen LogP contribution >= 0.6 is 0 Å². The molecule has 0 aromatic carbocycles. The molecular weight excluding hydrogens is 576 g/mol. The molecule has 3 saturated carbocycles. The van der Waals surface area contributed by atoms with Gasteiger partial charge in [-0.1, -0.05) is 65.5 Å². The number of hydrogen-bond donors (Lipinski definition) is 7. The lowest BCUT2D eigenvalue weighted by atomic mass is 9.47. The molecule has 11 N–H and O–H groups in total. The maximum atomic E-state index is 12.9. The number of rotatable bonds is 17. The molecule has 8 atom stereocenters. The van der Waals surface area contributed by atoms with Gasteiger partial charge in [-0.05, 0) is 91.3 Å². The van der Waals surface area contributed by atoms with Gasteiger partial charge in [0.15, 0.2) is 0 Å². The highest BCUT2D eigenvalue weighted by Gasteiger charge is 2.59. The zero-order chi connectivity index (χ0) is 33.5. The van der Waals surface area contributed by atoms with E-state index >= 15 is 0 Å². The van der Waals surface area contributed by atoms with E-state index in [1.54, 1.807) is 5.57 Å². The molecule has 4 aliphatic carbocycles. The maximum absolute atomic E-state index is 12.9. The molecule has 0 aromatic heterocycles. The number of hydrogen-bond acceptors (Lipinski definition) is 9. The van der Waals surface area contributed by atoms with Gasteiger partial charge in [-0.15, -0.1) is 0 Å². The molecule has 4 rings (SSSR count). The van der Waals surface area contributed by atoms with Crippen LogP contribution < -0.4 is 38.9 Å². The SMILES string of the molecule is CC(C)CCCC(C)C1CCC2C3CC=C4CC(OC(=O)NCCN(CCNC(N)N)CCNC(N)N)CCC4(C)C3CCC12C. The summed E-state index contributed by atoms with van der Waals surface area (Å²) in [7, 11) is 0. The Morgan fingerprint density at radius 2 is 1.59 bits per heavy atom. The van der Waals surface area contributed by atoms with Gasteiger partial charge in [-0.3, -0.25) is 15.5 Å². The number of fused-ring (bicyclic) bond motifs is 5. The second-order valence-corrected chi connectivity index (χ2v) is 16.3. The zero-order valence-corrected chi connectivity index (χ0v) is 29.9. The minimum atomic E-state index is -0.556. The first-order valence-corrected chi connectivity index (χ1v) is 18.7. The molecule has 3 fully saturated rings. The monoisotopic (exact) mass is 647 g/mol. The van der Waals surface area contributed by atoms with Crippen molar-refractivity contribution in [2.45, 2.75) is 124 Å². The second-order valence-electron chi connectivity index (χ2n) is 16.3. The summed E-state index contributed by atoms with van der Waals surface area (Å²) in [5.74, 6) is 5.00. The van der Waals surface area contributed by atoms with Crippen molar-refractivity contribution in [3.63, 3.8) is 0 Å². The molecule has 0 aliphatic heterocycles. The van der Waals surface area contributed by atoms with Crippen LogP contribution in [0.15, 0.2) is 11.6 Å². The highest BCUT2D eigenvalue weighted by molar-refractivity contribution is 5.67. The summed E-state index contributed by atoms with van der Waals surface area (Å²) in [4.78, 5) is 15.1. The number of nitrogens with one attached hydrogen (secondary N) is 3. The van der Waals surface area contributed by atoms with Gasteiger partial charge in [0.2, 0.25) is 0 Å². The van der Waals surface area contributed by atoms with Crippen LogP contribution in [0.1, 0.15) is 105 Å². The van der Waals surface area contributed by atoms with E-state index in [4.69, 9.17) is 27.7 Å². The number of allylic oxidation sites excluding steroid dienone is 1. The van der Waals surface area contributed by atoms with Crippen molar-refractivity contribution >= 4 is 6.09 Å². The molecule has 10 nitrogen and oxygen atoms in total. The van der Waals surface area contributed by atoms with Gasteiger partial charge in [0.25, 0.3) is 0 Å². The predicted octanol–water partition coefficient (Wildman–Crippen LogP) is 4.01. The minimum Gasteiger partial charge on any atom is -0.446 e. The summed E-state index contributed by atoms with van der Waals surface area (Å²) in [6.45, 7) is 16.4. The van der Waals surface area contributed by atoms with Crippen LogP contribution in [0, 0.1) is 46.3 Å². The third-order valence-corrected chi connectivity index (χ3v) is 12.8. The number of nitrogens with two attached hydrogens (primary N) is 4. The van der Waals surface area contributed by atoms with Crippen LogP contribution in [-0.2, 0) is 4.74 Å². The van der Waals surface area contributed by atoms with Gasteiger partial charge in [-0.25, -0.2) is 4.79 Å². The highest BCUT2D eigenvalue weighted by atomic mass is 16.6. The number of amides is 1. The van der Waals surface area contributed by atoms with E-state index in [0.717, 1.165) is 67.9 Å². The van der Waals surface area contributed by atoms with Crippen molar-refractivity contribution in [2.24, 2.45) is 69.3 Å². The molecule has 266 valence electrons. The molecule has 0 spiro atoms. The van der Waals surface area contributed by atoms with E-state index in [-0.39, 0.29) is 17.6 Å². The molecule has 1 amide bonds. The van der Waals surface area contributed by atoms with E-state index in [1.165, 1.54) is 51.4 Å². The van der Waals surface area contributed by atoms with Crippen LogP contribution in [-0.4, -0.2) is 68.9 Å². The Labute approximate surface area is 280 Å². The van der Waals surface area contributed by atoms with Crippen LogP contribution in [0.2, 0.25) is 0 Å². The smallest absolute Gasteiger partial charge is 0.407 e.